The molecule has 0 spiro atoms. The van der Waals surface area contributed by atoms with E-state index >= 15 is 0 Å². The van der Waals surface area contributed by atoms with E-state index in [0.29, 0.717) is 0 Å². The lowest BCUT2D eigenvalue weighted by atomic mass is 9.91. The third-order valence-corrected chi connectivity index (χ3v) is 3.57. The predicted octanol–water partition coefficient (Wildman–Crippen LogP) is 1.90. The molecule has 7 heteroatoms. The number of aromatic carboxylic acids is 1. The number of urea groups is 1. The first-order chi connectivity index (χ1) is 10.0. The molecule has 6 nitrogen and oxygen atoms in total. The standard InChI is InChI=1S/C14H17FN2O4/c15-9-4-5-12(11(8-9)13(19)20)16-14(21)17(6-7-18)10-2-1-3-10/h4-5,8,10,18H,1-3,6-7H2,(H,16,21)(H,19,20). The van der Waals surface area contributed by atoms with Crippen LogP contribution in [0.2, 0.25) is 0 Å². The number of carbonyl (C=O) groups excluding carboxylic acids is 1. The van der Waals surface area contributed by atoms with E-state index in [2.05, 4.69) is 5.32 Å². The second-order valence-electron chi connectivity index (χ2n) is 4.93. The molecule has 0 heterocycles. The molecule has 1 aliphatic carbocycles. The highest BCUT2D eigenvalue weighted by Gasteiger charge is 2.29. The van der Waals surface area contributed by atoms with Crippen molar-refractivity contribution in [2.75, 3.05) is 18.5 Å². The number of carbonyl (C=O) groups is 2. The van der Waals surface area contributed by atoms with Gasteiger partial charge in [0.2, 0.25) is 0 Å². The highest BCUT2D eigenvalue weighted by Crippen LogP contribution is 2.26. The summed E-state index contributed by atoms with van der Waals surface area (Å²) in [6, 6.07) is 2.74. The Morgan fingerprint density at radius 3 is 2.62 bits per heavy atom. The molecule has 21 heavy (non-hydrogen) atoms. The Morgan fingerprint density at radius 2 is 2.10 bits per heavy atom. The van der Waals surface area contributed by atoms with Crippen molar-refractivity contribution in [1.29, 1.82) is 0 Å². The van der Waals surface area contributed by atoms with Gasteiger partial charge in [0.15, 0.2) is 0 Å². The van der Waals surface area contributed by atoms with E-state index in [1.54, 1.807) is 0 Å². The number of benzene rings is 1. The quantitative estimate of drug-likeness (QED) is 0.774. The number of hydrogen-bond acceptors (Lipinski definition) is 3. The Labute approximate surface area is 121 Å². The Morgan fingerprint density at radius 1 is 1.38 bits per heavy atom. The first-order valence-electron chi connectivity index (χ1n) is 6.74. The fraction of sp³-hybridized carbons (Fsp3) is 0.429. The zero-order valence-corrected chi connectivity index (χ0v) is 11.4. The zero-order valence-electron chi connectivity index (χ0n) is 11.4. The number of nitrogens with zero attached hydrogens (tertiary/aromatic N) is 1. The summed E-state index contributed by atoms with van der Waals surface area (Å²) < 4.78 is 13.1. The first kappa shape index (κ1) is 15.2. The second-order valence-corrected chi connectivity index (χ2v) is 4.93. The van der Waals surface area contributed by atoms with E-state index in [4.69, 9.17) is 10.2 Å². The number of halogens is 1. The van der Waals surface area contributed by atoms with Gasteiger partial charge in [-0.15, -0.1) is 0 Å². The van der Waals surface area contributed by atoms with Crippen molar-refractivity contribution in [2.24, 2.45) is 0 Å². The van der Waals surface area contributed by atoms with E-state index in [1.807, 2.05) is 0 Å². The van der Waals surface area contributed by atoms with Crippen molar-refractivity contribution >= 4 is 17.7 Å². The SMILES string of the molecule is O=C(O)c1cc(F)ccc1NC(=O)N(CCO)C1CCC1. The van der Waals surface area contributed by atoms with Crippen LogP contribution in [0.5, 0.6) is 0 Å². The van der Waals surface area contributed by atoms with Crippen LogP contribution in [-0.2, 0) is 0 Å². The molecule has 1 aliphatic rings. The predicted molar refractivity (Wildman–Crippen MR) is 73.8 cm³/mol. The number of amides is 2. The van der Waals surface area contributed by atoms with Gasteiger partial charge in [-0.1, -0.05) is 0 Å². The van der Waals surface area contributed by atoms with E-state index in [-0.39, 0.29) is 30.4 Å². The number of aliphatic hydroxyl groups excluding tert-OH is 1. The molecule has 1 fully saturated rings. The summed E-state index contributed by atoms with van der Waals surface area (Å²) in [7, 11) is 0. The van der Waals surface area contributed by atoms with Gasteiger partial charge in [0.05, 0.1) is 17.9 Å². The van der Waals surface area contributed by atoms with Crippen LogP contribution in [0.3, 0.4) is 0 Å². The van der Waals surface area contributed by atoms with Crippen LogP contribution >= 0.6 is 0 Å². The van der Waals surface area contributed by atoms with Crippen molar-refractivity contribution in [1.82, 2.24) is 4.90 Å². The Bertz CT molecular complexity index is 546. The first-order valence-corrected chi connectivity index (χ1v) is 6.74. The molecular weight excluding hydrogens is 279 g/mol. The molecule has 0 bridgehead atoms. The number of nitrogens with one attached hydrogen (secondary N) is 1. The van der Waals surface area contributed by atoms with Gasteiger partial charge in [-0.2, -0.15) is 0 Å². The minimum atomic E-state index is -1.32. The van der Waals surface area contributed by atoms with Gasteiger partial charge in [0.25, 0.3) is 0 Å². The molecule has 0 unspecified atom stereocenters. The van der Waals surface area contributed by atoms with Crippen LogP contribution in [0.25, 0.3) is 0 Å². The molecule has 0 aliphatic heterocycles. The Kier molecular flexibility index (Phi) is 4.74. The monoisotopic (exact) mass is 296 g/mol. The summed E-state index contributed by atoms with van der Waals surface area (Å²) in [5, 5.41) is 20.6. The lowest BCUT2D eigenvalue weighted by Gasteiger charge is -2.37. The van der Waals surface area contributed by atoms with Gasteiger partial charge in [-0.05, 0) is 37.5 Å². The Balaban J connectivity index is 2.15. The summed E-state index contributed by atoms with van der Waals surface area (Å²) in [6.07, 6.45) is 2.75. The van der Waals surface area contributed by atoms with Crippen LogP contribution in [0, 0.1) is 5.82 Å². The van der Waals surface area contributed by atoms with Crippen LogP contribution in [0.4, 0.5) is 14.9 Å². The van der Waals surface area contributed by atoms with Crippen LogP contribution in [0.15, 0.2) is 18.2 Å². The maximum Gasteiger partial charge on any atom is 0.337 e. The molecule has 1 aromatic carbocycles. The number of carboxylic acid groups (broad SMARTS) is 1. The summed E-state index contributed by atoms with van der Waals surface area (Å²) in [4.78, 5) is 24.8. The van der Waals surface area contributed by atoms with E-state index in [1.165, 1.54) is 11.0 Å². The maximum atomic E-state index is 13.1. The highest BCUT2D eigenvalue weighted by molar-refractivity contribution is 6.00. The summed E-state index contributed by atoms with van der Waals surface area (Å²) in [6.45, 7) is 0.0131. The fourth-order valence-electron chi connectivity index (χ4n) is 2.25. The van der Waals surface area contributed by atoms with Crippen LogP contribution < -0.4 is 5.32 Å². The van der Waals surface area contributed by atoms with Gasteiger partial charge < -0.3 is 20.4 Å². The lowest BCUT2D eigenvalue weighted by molar-refractivity contribution is 0.0697. The van der Waals surface area contributed by atoms with Gasteiger partial charge in [0, 0.05) is 12.6 Å². The molecule has 0 atom stereocenters. The largest absolute Gasteiger partial charge is 0.478 e. The van der Waals surface area contributed by atoms with Crippen molar-refractivity contribution in [3.63, 3.8) is 0 Å². The zero-order chi connectivity index (χ0) is 15.4. The van der Waals surface area contributed by atoms with Crippen molar-refractivity contribution in [3.8, 4) is 0 Å². The average Bonchev–Trinajstić information content (AvgIpc) is 2.38. The molecule has 3 N–H and O–H groups in total. The summed E-state index contributed by atoms with van der Waals surface area (Å²) in [5.74, 6) is -2.00. The number of rotatable bonds is 5. The van der Waals surface area contributed by atoms with Crippen LogP contribution in [-0.4, -0.2) is 46.3 Å². The third kappa shape index (κ3) is 3.49. The molecule has 2 amide bonds. The van der Waals surface area contributed by atoms with Crippen molar-refractivity contribution < 1.29 is 24.2 Å². The molecule has 0 radical (unpaired) electrons. The minimum Gasteiger partial charge on any atom is -0.478 e. The van der Waals surface area contributed by atoms with Gasteiger partial charge >= 0.3 is 12.0 Å². The minimum absolute atomic E-state index is 0.0381. The molecule has 1 saturated carbocycles. The molecule has 114 valence electrons. The number of hydrogen-bond donors (Lipinski definition) is 3. The smallest absolute Gasteiger partial charge is 0.337 e. The Hall–Kier alpha value is -2.15. The molecular formula is C14H17FN2O4. The maximum absolute atomic E-state index is 13.1. The van der Waals surface area contributed by atoms with Gasteiger partial charge in [-0.25, -0.2) is 14.0 Å². The van der Waals surface area contributed by atoms with Crippen molar-refractivity contribution in [3.05, 3.63) is 29.6 Å². The lowest BCUT2D eigenvalue weighted by Crippen LogP contribution is -2.47. The number of anilines is 1. The van der Waals surface area contributed by atoms with Gasteiger partial charge in [0.1, 0.15) is 5.82 Å². The number of aliphatic hydroxyl groups is 1. The van der Waals surface area contributed by atoms with Crippen LogP contribution in [0.1, 0.15) is 29.6 Å². The molecule has 0 saturated heterocycles. The average molecular weight is 296 g/mol. The van der Waals surface area contributed by atoms with E-state index < -0.39 is 17.8 Å². The third-order valence-electron chi connectivity index (χ3n) is 3.57. The summed E-state index contributed by atoms with van der Waals surface area (Å²) >= 11 is 0. The molecule has 1 aromatic rings. The second kappa shape index (κ2) is 6.53. The summed E-state index contributed by atoms with van der Waals surface area (Å²) in [5.41, 5.74) is -0.267. The number of carboxylic acids is 1. The molecule has 2 rings (SSSR count). The fourth-order valence-corrected chi connectivity index (χ4v) is 2.25. The topological polar surface area (TPSA) is 89.9 Å². The van der Waals surface area contributed by atoms with E-state index in [0.717, 1.165) is 31.4 Å². The normalized spacial score (nSPS) is 14.4. The van der Waals surface area contributed by atoms with Crippen molar-refractivity contribution in [2.45, 2.75) is 25.3 Å². The van der Waals surface area contributed by atoms with E-state index in [9.17, 15) is 14.0 Å². The highest BCUT2D eigenvalue weighted by atomic mass is 19.1. The van der Waals surface area contributed by atoms with Gasteiger partial charge in [-0.3, -0.25) is 0 Å². The molecule has 0 aromatic heterocycles.